The summed E-state index contributed by atoms with van der Waals surface area (Å²) in [5.74, 6) is -6.78. The lowest BCUT2D eigenvalue weighted by Gasteiger charge is -2.05. The molecule has 1 N–H and O–H groups in total. The van der Waals surface area contributed by atoms with E-state index in [-0.39, 0.29) is 11.9 Å². The maximum absolute atomic E-state index is 11.2. The molecule has 0 atom stereocenters. The first-order valence-corrected chi connectivity index (χ1v) is 4.69. The molecule has 0 spiro atoms. The summed E-state index contributed by atoms with van der Waals surface area (Å²) in [5, 5.41) is 2.67. The molecule has 0 aromatic heterocycles. The van der Waals surface area contributed by atoms with Crippen LogP contribution in [0.15, 0.2) is 0 Å². The maximum Gasteiger partial charge on any atom is 0.458 e. The molecular formula is C9H11F6NO3. The third-order valence-corrected chi connectivity index (χ3v) is 1.21. The second-order valence-corrected chi connectivity index (χ2v) is 3.51. The minimum atomic E-state index is -5.77. The minimum absolute atomic E-state index is 0.0370. The van der Waals surface area contributed by atoms with Crippen LogP contribution in [0.1, 0.15) is 20.8 Å². The molecule has 4 nitrogen and oxygen atoms in total. The zero-order chi connectivity index (χ0) is 16.0. The molecule has 0 aromatic carbocycles. The average molecular weight is 295 g/mol. The van der Waals surface area contributed by atoms with Crippen molar-refractivity contribution in [3.8, 4) is 0 Å². The summed E-state index contributed by atoms with van der Waals surface area (Å²) in [5.41, 5.74) is 0. The van der Waals surface area contributed by atoms with E-state index in [0.717, 1.165) is 0 Å². The number of Topliss-reactive ketones (excluding diaryl/α,β-unsaturated/α-hetero) is 2. The van der Waals surface area contributed by atoms with Gasteiger partial charge < -0.3 is 5.32 Å². The molecule has 0 aliphatic carbocycles. The predicted molar refractivity (Wildman–Crippen MR) is 51.1 cm³/mol. The van der Waals surface area contributed by atoms with Gasteiger partial charge in [0.05, 0.1) is 0 Å². The van der Waals surface area contributed by atoms with Crippen LogP contribution < -0.4 is 5.32 Å². The van der Waals surface area contributed by atoms with Crippen molar-refractivity contribution in [2.45, 2.75) is 39.2 Å². The maximum atomic E-state index is 11.2. The molecule has 0 aliphatic heterocycles. The summed E-state index contributed by atoms with van der Waals surface area (Å²) in [6.07, 6.45) is -11.5. The standard InChI is InChI=1S/C5H11NO.C4F6O2/c1-4(2)6-5(3)7;5-3(6,7)1(11)2(12)4(8,9)10/h4H,1-3H3,(H,6,7);. The van der Waals surface area contributed by atoms with Gasteiger partial charge in [-0.2, -0.15) is 26.3 Å². The van der Waals surface area contributed by atoms with E-state index >= 15 is 0 Å². The topological polar surface area (TPSA) is 63.2 Å². The van der Waals surface area contributed by atoms with E-state index in [2.05, 4.69) is 5.32 Å². The number of hydrogen-bond donors (Lipinski definition) is 1. The van der Waals surface area contributed by atoms with Crippen molar-refractivity contribution in [2.24, 2.45) is 0 Å². The Kier molecular flexibility index (Phi) is 7.37. The number of carbonyl (C=O) groups is 3. The van der Waals surface area contributed by atoms with Gasteiger partial charge in [0.15, 0.2) is 0 Å². The molecule has 0 fully saturated rings. The van der Waals surface area contributed by atoms with Gasteiger partial charge >= 0.3 is 23.9 Å². The number of alkyl halides is 6. The van der Waals surface area contributed by atoms with Crippen LogP contribution in [0.25, 0.3) is 0 Å². The molecule has 0 bridgehead atoms. The first-order valence-electron chi connectivity index (χ1n) is 4.69. The summed E-state index contributed by atoms with van der Waals surface area (Å²) < 4.78 is 67.0. The van der Waals surface area contributed by atoms with Crippen LogP contribution in [0.4, 0.5) is 26.3 Å². The quantitative estimate of drug-likeness (QED) is 0.624. The molecule has 0 aliphatic rings. The van der Waals surface area contributed by atoms with Crippen molar-refractivity contribution >= 4 is 17.5 Å². The molecule has 0 saturated carbocycles. The Bertz CT molecular complexity index is 321. The van der Waals surface area contributed by atoms with E-state index in [4.69, 9.17) is 0 Å². The lowest BCUT2D eigenvalue weighted by Crippen LogP contribution is -2.39. The molecule has 0 heterocycles. The van der Waals surface area contributed by atoms with Gasteiger partial charge in [0.25, 0.3) is 0 Å². The van der Waals surface area contributed by atoms with Gasteiger partial charge in [-0.05, 0) is 13.8 Å². The first-order chi connectivity index (χ1) is 8.19. The highest BCUT2D eigenvalue weighted by Crippen LogP contribution is 2.23. The molecule has 112 valence electrons. The van der Waals surface area contributed by atoms with Crippen molar-refractivity contribution < 1.29 is 40.7 Å². The lowest BCUT2D eigenvalue weighted by atomic mass is 10.2. The second-order valence-electron chi connectivity index (χ2n) is 3.51. The molecule has 0 radical (unpaired) electrons. The van der Waals surface area contributed by atoms with Gasteiger partial charge in [-0.15, -0.1) is 0 Å². The van der Waals surface area contributed by atoms with E-state index in [9.17, 15) is 40.7 Å². The van der Waals surface area contributed by atoms with Gasteiger partial charge in [0.2, 0.25) is 5.91 Å². The van der Waals surface area contributed by atoms with Crippen molar-refractivity contribution in [1.29, 1.82) is 0 Å². The highest BCUT2D eigenvalue weighted by atomic mass is 19.4. The second kappa shape index (κ2) is 7.10. The highest BCUT2D eigenvalue weighted by Gasteiger charge is 2.54. The van der Waals surface area contributed by atoms with Gasteiger partial charge in [0.1, 0.15) is 0 Å². The number of hydrogen-bond acceptors (Lipinski definition) is 3. The van der Waals surface area contributed by atoms with Crippen LogP contribution in [0.3, 0.4) is 0 Å². The summed E-state index contributed by atoms with van der Waals surface area (Å²) in [4.78, 5) is 29.4. The summed E-state index contributed by atoms with van der Waals surface area (Å²) in [6.45, 7) is 5.38. The number of ketones is 2. The van der Waals surface area contributed by atoms with Crippen molar-refractivity contribution in [3.63, 3.8) is 0 Å². The molecule has 19 heavy (non-hydrogen) atoms. The zero-order valence-electron chi connectivity index (χ0n) is 10.1. The van der Waals surface area contributed by atoms with Crippen LogP contribution in [0.5, 0.6) is 0 Å². The number of halogens is 6. The Labute approximate surface area is 104 Å². The van der Waals surface area contributed by atoms with Crippen molar-refractivity contribution in [3.05, 3.63) is 0 Å². The number of nitrogens with one attached hydrogen (secondary N) is 1. The van der Waals surface area contributed by atoms with Crippen LogP contribution in [-0.4, -0.2) is 35.9 Å². The van der Waals surface area contributed by atoms with Crippen molar-refractivity contribution in [2.75, 3.05) is 0 Å². The Balaban J connectivity index is 0. The fourth-order valence-electron chi connectivity index (χ4n) is 0.664. The molecule has 0 unspecified atom stereocenters. The van der Waals surface area contributed by atoms with E-state index in [1.807, 2.05) is 13.8 Å². The monoisotopic (exact) mass is 295 g/mol. The van der Waals surface area contributed by atoms with Gasteiger partial charge in [0, 0.05) is 13.0 Å². The van der Waals surface area contributed by atoms with E-state index in [0.29, 0.717) is 0 Å². The fourth-order valence-corrected chi connectivity index (χ4v) is 0.664. The molecule has 0 saturated heterocycles. The van der Waals surface area contributed by atoms with E-state index < -0.39 is 23.9 Å². The molecule has 10 heteroatoms. The molecule has 1 amide bonds. The predicted octanol–water partition coefficient (Wildman–Crippen LogP) is 1.78. The lowest BCUT2D eigenvalue weighted by molar-refractivity contribution is -0.193. The SMILES string of the molecule is CC(=O)NC(C)C.O=C(C(=O)C(F)(F)F)C(F)(F)F. The highest BCUT2D eigenvalue weighted by molar-refractivity contribution is 6.41. The Hall–Kier alpha value is -1.61. The largest absolute Gasteiger partial charge is 0.458 e. The molecule has 0 aromatic rings. The first kappa shape index (κ1) is 19.7. The van der Waals surface area contributed by atoms with E-state index in [1.165, 1.54) is 6.92 Å². The molecular weight excluding hydrogens is 284 g/mol. The van der Waals surface area contributed by atoms with Gasteiger partial charge in [-0.1, -0.05) is 0 Å². The Morgan fingerprint density at radius 2 is 1.11 bits per heavy atom. The fraction of sp³-hybridized carbons (Fsp3) is 0.667. The third-order valence-electron chi connectivity index (χ3n) is 1.21. The third kappa shape index (κ3) is 10.0. The Morgan fingerprint density at radius 3 is 1.16 bits per heavy atom. The van der Waals surface area contributed by atoms with Crippen LogP contribution >= 0.6 is 0 Å². The van der Waals surface area contributed by atoms with Crippen LogP contribution in [0, 0.1) is 0 Å². The normalized spacial score (nSPS) is 11.5. The van der Waals surface area contributed by atoms with Crippen LogP contribution in [0.2, 0.25) is 0 Å². The van der Waals surface area contributed by atoms with Gasteiger partial charge in [-0.3, -0.25) is 14.4 Å². The number of amides is 1. The summed E-state index contributed by atoms with van der Waals surface area (Å²) >= 11 is 0. The van der Waals surface area contributed by atoms with Crippen LogP contribution in [-0.2, 0) is 14.4 Å². The Morgan fingerprint density at radius 1 is 0.842 bits per heavy atom. The van der Waals surface area contributed by atoms with Gasteiger partial charge in [-0.25, -0.2) is 0 Å². The van der Waals surface area contributed by atoms with E-state index in [1.54, 1.807) is 0 Å². The summed E-state index contributed by atoms with van der Waals surface area (Å²) in [6, 6.07) is 0.275. The summed E-state index contributed by atoms with van der Waals surface area (Å²) in [7, 11) is 0. The number of carbonyl (C=O) groups excluding carboxylic acids is 3. The van der Waals surface area contributed by atoms with Crippen molar-refractivity contribution in [1.82, 2.24) is 5.32 Å². The molecule has 0 rings (SSSR count). The number of rotatable bonds is 2. The minimum Gasteiger partial charge on any atom is -0.354 e. The average Bonchev–Trinajstić information content (AvgIpc) is 2.11. The zero-order valence-corrected chi connectivity index (χ0v) is 10.1. The smallest absolute Gasteiger partial charge is 0.354 e.